The summed E-state index contributed by atoms with van der Waals surface area (Å²) in [5.41, 5.74) is 2.35. The first kappa shape index (κ1) is 10.1. The maximum atomic E-state index is 10.6. The Morgan fingerprint density at radius 3 is 2.53 bits per heavy atom. The van der Waals surface area contributed by atoms with Crippen molar-refractivity contribution in [3.05, 3.63) is 40.0 Å². The zero-order valence-corrected chi connectivity index (χ0v) is 9.61. The van der Waals surface area contributed by atoms with Crippen molar-refractivity contribution < 1.29 is 9.32 Å². The number of aromatic nitrogens is 1. The molecular formula is C11H8BrNO2. The maximum absolute atomic E-state index is 10.6. The van der Waals surface area contributed by atoms with E-state index < -0.39 is 0 Å². The molecule has 2 aromatic rings. The first-order chi connectivity index (χ1) is 7.22. The molecule has 1 heterocycles. The van der Waals surface area contributed by atoms with Crippen LogP contribution in [0.15, 0.2) is 33.3 Å². The molecule has 0 atom stereocenters. The van der Waals surface area contributed by atoms with E-state index in [2.05, 4.69) is 21.1 Å². The smallest absolute Gasteiger partial charge is 0.181 e. The zero-order valence-electron chi connectivity index (χ0n) is 8.03. The second kappa shape index (κ2) is 3.98. The van der Waals surface area contributed by atoms with Crippen molar-refractivity contribution in [3.63, 3.8) is 0 Å². The highest BCUT2D eigenvalue weighted by Crippen LogP contribution is 2.30. The van der Waals surface area contributed by atoms with Gasteiger partial charge in [-0.1, -0.05) is 35.0 Å². The van der Waals surface area contributed by atoms with Crippen LogP contribution in [-0.2, 0) is 0 Å². The van der Waals surface area contributed by atoms with Crippen LogP contribution in [0.4, 0.5) is 0 Å². The normalized spacial score (nSPS) is 10.3. The molecule has 0 saturated heterocycles. The van der Waals surface area contributed by atoms with Crippen LogP contribution in [0.3, 0.4) is 0 Å². The van der Waals surface area contributed by atoms with Gasteiger partial charge in [0.1, 0.15) is 0 Å². The maximum Gasteiger partial charge on any atom is 0.181 e. The van der Waals surface area contributed by atoms with Crippen LogP contribution < -0.4 is 0 Å². The summed E-state index contributed by atoms with van der Waals surface area (Å²) in [4.78, 5) is 10.6. The van der Waals surface area contributed by atoms with Gasteiger partial charge in [-0.3, -0.25) is 4.79 Å². The predicted molar refractivity (Wildman–Crippen MR) is 59.8 cm³/mol. The van der Waals surface area contributed by atoms with Gasteiger partial charge in [0.25, 0.3) is 0 Å². The van der Waals surface area contributed by atoms with E-state index in [1.54, 1.807) is 0 Å². The minimum absolute atomic E-state index is 0.283. The minimum atomic E-state index is 0.283. The molecule has 0 radical (unpaired) electrons. The fraction of sp³-hybridized carbons (Fsp3) is 0.0909. The molecule has 2 rings (SSSR count). The first-order valence-electron chi connectivity index (χ1n) is 4.40. The molecule has 0 bridgehead atoms. The van der Waals surface area contributed by atoms with E-state index in [0.717, 1.165) is 5.56 Å². The largest absolute Gasteiger partial charge is 0.354 e. The molecule has 1 aromatic heterocycles. The average Bonchev–Trinajstić information content (AvgIpc) is 2.61. The summed E-state index contributed by atoms with van der Waals surface area (Å²) in [5.74, 6) is 0.581. The Bertz CT molecular complexity index is 488. The second-order valence-corrected chi connectivity index (χ2v) is 3.99. The third-order valence-corrected chi connectivity index (χ3v) is 2.85. The van der Waals surface area contributed by atoms with E-state index in [1.807, 2.05) is 31.2 Å². The molecule has 0 unspecified atom stereocenters. The fourth-order valence-electron chi connectivity index (χ4n) is 1.25. The predicted octanol–water partition coefficient (Wildman–Crippen LogP) is 3.23. The number of nitrogens with zero attached hydrogens (tertiary/aromatic N) is 1. The number of carbonyl (C=O) groups is 1. The lowest BCUT2D eigenvalue weighted by molar-refractivity contribution is 0.111. The molecule has 0 fully saturated rings. The van der Waals surface area contributed by atoms with Crippen LogP contribution in [0.1, 0.15) is 16.1 Å². The molecule has 0 aliphatic rings. The standard InChI is InChI=1S/C11H8BrNO2/c1-7-2-4-8(5-3-7)11-10(12)9(6-14)13-15-11/h2-6H,1H3. The number of halogens is 1. The van der Waals surface area contributed by atoms with Gasteiger partial charge in [0.05, 0.1) is 4.47 Å². The van der Waals surface area contributed by atoms with Gasteiger partial charge in [0, 0.05) is 5.56 Å². The third kappa shape index (κ3) is 1.85. The van der Waals surface area contributed by atoms with Crippen LogP contribution in [0, 0.1) is 6.92 Å². The van der Waals surface area contributed by atoms with E-state index in [9.17, 15) is 4.79 Å². The highest BCUT2D eigenvalue weighted by molar-refractivity contribution is 9.10. The molecule has 1 aromatic carbocycles. The summed E-state index contributed by atoms with van der Waals surface area (Å²) in [6.07, 6.45) is 0.658. The topological polar surface area (TPSA) is 43.1 Å². The lowest BCUT2D eigenvalue weighted by atomic mass is 10.1. The van der Waals surface area contributed by atoms with Crippen molar-refractivity contribution >= 4 is 22.2 Å². The summed E-state index contributed by atoms with van der Waals surface area (Å²) in [5, 5.41) is 3.64. The van der Waals surface area contributed by atoms with E-state index >= 15 is 0 Å². The molecule has 0 spiro atoms. The third-order valence-electron chi connectivity index (χ3n) is 2.08. The second-order valence-electron chi connectivity index (χ2n) is 3.19. The summed E-state index contributed by atoms with van der Waals surface area (Å²) < 4.78 is 5.68. The molecule has 15 heavy (non-hydrogen) atoms. The SMILES string of the molecule is Cc1ccc(-c2onc(C=O)c2Br)cc1. The Kier molecular flexibility index (Phi) is 2.68. The summed E-state index contributed by atoms with van der Waals surface area (Å²) >= 11 is 3.28. The van der Waals surface area contributed by atoms with E-state index in [1.165, 1.54) is 5.56 Å². The van der Waals surface area contributed by atoms with Crippen molar-refractivity contribution in [2.45, 2.75) is 6.92 Å². The van der Waals surface area contributed by atoms with Crippen molar-refractivity contribution in [2.24, 2.45) is 0 Å². The van der Waals surface area contributed by atoms with Crippen LogP contribution in [0.25, 0.3) is 11.3 Å². The molecule has 0 saturated carbocycles. The summed E-state index contributed by atoms with van der Waals surface area (Å²) in [7, 11) is 0. The fourth-order valence-corrected chi connectivity index (χ4v) is 1.72. The average molecular weight is 266 g/mol. The highest BCUT2D eigenvalue weighted by Gasteiger charge is 2.14. The molecule has 0 aliphatic carbocycles. The van der Waals surface area contributed by atoms with Gasteiger partial charge in [-0.05, 0) is 22.9 Å². The number of aldehydes is 1. The Morgan fingerprint density at radius 2 is 2.00 bits per heavy atom. The van der Waals surface area contributed by atoms with Gasteiger partial charge in [-0.2, -0.15) is 0 Å². The quantitative estimate of drug-likeness (QED) is 0.784. The number of aryl methyl sites for hydroxylation is 1. The Hall–Kier alpha value is -1.42. The van der Waals surface area contributed by atoms with Gasteiger partial charge in [0.2, 0.25) is 0 Å². The highest BCUT2D eigenvalue weighted by atomic mass is 79.9. The molecule has 0 amide bonds. The van der Waals surface area contributed by atoms with E-state index in [4.69, 9.17) is 4.52 Å². The molecule has 0 aliphatic heterocycles. The van der Waals surface area contributed by atoms with Crippen LogP contribution >= 0.6 is 15.9 Å². The molecular weight excluding hydrogens is 258 g/mol. The van der Waals surface area contributed by atoms with Crippen molar-refractivity contribution in [3.8, 4) is 11.3 Å². The molecule has 3 nitrogen and oxygen atoms in total. The van der Waals surface area contributed by atoms with Crippen molar-refractivity contribution in [1.82, 2.24) is 5.16 Å². The van der Waals surface area contributed by atoms with Crippen molar-refractivity contribution in [2.75, 3.05) is 0 Å². The molecule has 76 valence electrons. The molecule has 4 heteroatoms. The Morgan fingerprint density at radius 1 is 1.33 bits per heavy atom. The van der Waals surface area contributed by atoms with Gasteiger partial charge in [-0.15, -0.1) is 0 Å². The Labute approximate surface area is 95.2 Å². The van der Waals surface area contributed by atoms with Gasteiger partial charge in [-0.25, -0.2) is 0 Å². The van der Waals surface area contributed by atoms with Gasteiger partial charge < -0.3 is 4.52 Å². The number of rotatable bonds is 2. The van der Waals surface area contributed by atoms with Crippen LogP contribution in [0.5, 0.6) is 0 Å². The summed E-state index contributed by atoms with van der Waals surface area (Å²) in [6.45, 7) is 2.01. The number of carbonyl (C=O) groups excluding carboxylic acids is 1. The van der Waals surface area contributed by atoms with Crippen LogP contribution in [0.2, 0.25) is 0 Å². The van der Waals surface area contributed by atoms with E-state index in [-0.39, 0.29) is 5.69 Å². The lowest BCUT2D eigenvalue weighted by Crippen LogP contribution is -1.79. The number of hydrogen-bond acceptors (Lipinski definition) is 3. The van der Waals surface area contributed by atoms with Crippen molar-refractivity contribution in [1.29, 1.82) is 0 Å². The lowest BCUT2D eigenvalue weighted by Gasteiger charge is -1.96. The van der Waals surface area contributed by atoms with Gasteiger partial charge >= 0.3 is 0 Å². The van der Waals surface area contributed by atoms with Crippen LogP contribution in [-0.4, -0.2) is 11.4 Å². The number of benzene rings is 1. The minimum Gasteiger partial charge on any atom is -0.354 e. The van der Waals surface area contributed by atoms with E-state index in [0.29, 0.717) is 16.5 Å². The monoisotopic (exact) mass is 265 g/mol. The molecule has 0 N–H and O–H groups in total. The first-order valence-corrected chi connectivity index (χ1v) is 5.19. The summed E-state index contributed by atoms with van der Waals surface area (Å²) in [6, 6.07) is 7.81. The van der Waals surface area contributed by atoms with Gasteiger partial charge in [0.15, 0.2) is 17.7 Å². The Balaban J connectivity index is 2.49. The zero-order chi connectivity index (χ0) is 10.8. The number of hydrogen-bond donors (Lipinski definition) is 0.